The maximum atomic E-state index is 11.7. The number of hydrogen-bond donors (Lipinski definition) is 1. The number of carbonyl (C=O) groups excluding carboxylic acids is 2. The van der Waals surface area contributed by atoms with Crippen molar-refractivity contribution < 1.29 is 14.3 Å². The monoisotopic (exact) mass is 245 g/mol. The lowest BCUT2D eigenvalue weighted by atomic mass is 9.84. The highest BCUT2D eigenvalue weighted by Gasteiger charge is 2.29. The molecule has 1 saturated carbocycles. The van der Waals surface area contributed by atoms with Gasteiger partial charge in [-0.2, -0.15) is 11.8 Å². The molecule has 0 aliphatic heterocycles. The van der Waals surface area contributed by atoms with Crippen molar-refractivity contribution in [2.45, 2.75) is 31.7 Å². The topological polar surface area (TPSA) is 55.4 Å². The third-order valence-corrected chi connectivity index (χ3v) is 3.53. The van der Waals surface area contributed by atoms with E-state index in [1.165, 1.54) is 7.11 Å². The lowest BCUT2D eigenvalue weighted by Gasteiger charge is -2.26. The van der Waals surface area contributed by atoms with Gasteiger partial charge in [-0.1, -0.05) is 6.42 Å². The summed E-state index contributed by atoms with van der Waals surface area (Å²) in [5.74, 6) is 0.607. The minimum absolute atomic E-state index is 0.00255. The Kier molecular flexibility index (Phi) is 5.66. The third kappa shape index (κ3) is 3.70. The molecule has 1 amide bonds. The number of ether oxygens (including phenoxy) is 1. The van der Waals surface area contributed by atoms with Gasteiger partial charge in [0.15, 0.2) is 0 Å². The molecule has 0 saturated heterocycles. The Bertz CT molecular complexity index is 254. The molecule has 1 aliphatic rings. The van der Waals surface area contributed by atoms with E-state index in [2.05, 4.69) is 10.1 Å². The van der Waals surface area contributed by atoms with Gasteiger partial charge in [-0.3, -0.25) is 4.79 Å². The molecule has 0 bridgehead atoms. The van der Waals surface area contributed by atoms with Gasteiger partial charge in [0.1, 0.15) is 6.04 Å². The Morgan fingerprint density at radius 3 is 2.62 bits per heavy atom. The maximum Gasteiger partial charge on any atom is 0.328 e. The quantitative estimate of drug-likeness (QED) is 0.714. The van der Waals surface area contributed by atoms with Gasteiger partial charge < -0.3 is 10.1 Å². The van der Waals surface area contributed by atoms with Gasteiger partial charge in [0.05, 0.1) is 7.11 Å². The fraction of sp³-hybridized carbons (Fsp3) is 0.818. The fourth-order valence-corrected chi connectivity index (χ4v) is 2.06. The first-order valence-corrected chi connectivity index (χ1v) is 6.95. The summed E-state index contributed by atoms with van der Waals surface area (Å²) in [4.78, 5) is 23.1. The largest absolute Gasteiger partial charge is 0.467 e. The molecule has 92 valence electrons. The van der Waals surface area contributed by atoms with E-state index >= 15 is 0 Å². The van der Waals surface area contributed by atoms with Crippen LogP contribution in [0.25, 0.3) is 0 Å². The minimum Gasteiger partial charge on any atom is -0.467 e. The molecule has 1 atom stereocenters. The summed E-state index contributed by atoms with van der Waals surface area (Å²) < 4.78 is 4.68. The summed E-state index contributed by atoms with van der Waals surface area (Å²) >= 11 is 1.65. The Labute approximate surface area is 100 Å². The number of thioether (sulfide) groups is 1. The van der Waals surface area contributed by atoms with Crippen LogP contribution in [-0.4, -0.2) is 37.0 Å². The molecule has 1 rings (SSSR count). The average molecular weight is 245 g/mol. The summed E-state index contributed by atoms with van der Waals surface area (Å²) in [6.07, 6.45) is 5.62. The van der Waals surface area contributed by atoms with Crippen LogP contribution in [-0.2, 0) is 14.3 Å². The lowest BCUT2D eigenvalue weighted by Crippen LogP contribution is -2.45. The van der Waals surface area contributed by atoms with Crippen molar-refractivity contribution in [1.29, 1.82) is 0 Å². The van der Waals surface area contributed by atoms with Gasteiger partial charge >= 0.3 is 5.97 Å². The summed E-state index contributed by atoms with van der Waals surface area (Å²) in [6.45, 7) is 0. The Hall–Kier alpha value is -0.710. The summed E-state index contributed by atoms with van der Waals surface area (Å²) in [5.41, 5.74) is 0. The van der Waals surface area contributed by atoms with Crippen LogP contribution in [0.3, 0.4) is 0 Å². The van der Waals surface area contributed by atoms with Crippen LogP contribution in [0.2, 0.25) is 0 Å². The zero-order valence-corrected chi connectivity index (χ0v) is 10.6. The predicted octanol–water partition coefficient (Wildman–Crippen LogP) is 1.20. The lowest BCUT2D eigenvalue weighted by molar-refractivity contribution is -0.146. The maximum absolute atomic E-state index is 11.7. The van der Waals surface area contributed by atoms with E-state index in [-0.39, 0.29) is 17.8 Å². The van der Waals surface area contributed by atoms with Crippen molar-refractivity contribution >= 4 is 23.6 Å². The molecule has 1 N–H and O–H groups in total. The smallest absolute Gasteiger partial charge is 0.328 e. The molecular weight excluding hydrogens is 226 g/mol. The fourth-order valence-electron chi connectivity index (χ4n) is 1.59. The van der Waals surface area contributed by atoms with E-state index in [4.69, 9.17) is 0 Å². The summed E-state index contributed by atoms with van der Waals surface area (Å²) in [6, 6.07) is -0.481. The molecule has 16 heavy (non-hydrogen) atoms. The summed E-state index contributed by atoms with van der Waals surface area (Å²) in [5, 5.41) is 2.78. The number of carbonyl (C=O) groups is 2. The van der Waals surface area contributed by atoms with Crippen molar-refractivity contribution in [3.8, 4) is 0 Å². The normalized spacial score (nSPS) is 17.4. The number of esters is 1. The zero-order valence-electron chi connectivity index (χ0n) is 9.82. The van der Waals surface area contributed by atoms with Crippen LogP contribution in [0.5, 0.6) is 0 Å². The van der Waals surface area contributed by atoms with Crippen LogP contribution in [0.1, 0.15) is 25.7 Å². The van der Waals surface area contributed by atoms with Crippen LogP contribution in [0, 0.1) is 5.92 Å². The van der Waals surface area contributed by atoms with Crippen molar-refractivity contribution in [2.24, 2.45) is 5.92 Å². The minimum atomic E-state index is -0.481. The van der Waals surface area contributed by atoms with Crippen LogP contribution in [0.4, 0.5) is 0 Å². The molecule has 5 heteroatoms. The van der Waals surface area contributed by atoms with Crippen molar-refractivity contribution in [3.63, 3.8) is 0 Å². The Morgan fingerprint density at radius 2 is 2.19 bits per heavy atom. The first kappa shape index (κ1) is 13.4. The van der Waals surface area contributed by atoms with Gasteiger partial charge in [-0.05, 0) is 31.3 Å². The van der Waals surface area contributed by atoms with E-state index in [1.54, 1.807) is 11.8 Å². The van der Waals surface area contributed by atoms with Gasteiger partial charge in [0.2, 0.25) is 5.91 Å². The second-order valence-electron chi connectivity index (χ2n) is 3.99. The van der Waals surface area contributed by atoms with E-state index in [0.29, 0.717) is 6.42 Å². The van der Waals surface area contributed by atoms with Crippen molar-refractivity contribution in [1.82, 2.24) is 5.32 Å². The molecule has 0 heterocycles. The third-order valence-electron chi connectivity index (χ3n) is 2.89. The Balaban J connectivity index is 2.41. The van der Waals surface area contributed by atoms with E-state index in [9.17, 15) is 9.59 Å². The predicted molar refractivity (Wildman–Crippen MR) is 64.3 cm³/mol. The van der Waals surface area contributed by atoms with Gasteiger partial charge in [-0.15, -0.1) is 0 Å². The number of methoxy groups -OCH3 is 1. The number of rotatable bonds is 6. The second kappa shape index (κ2) is 6.78. The first-order chi connectivity index (χ1) is 7.69. The standard InChI is InChI=1S/C11H19NO3S/c1-15-11(14)9(6-7-16-2)12-10(13)8-4-3-5-8/h8-9H,3-7H2,1-2H3,(H,12,13). The molecule has 0 aromatic rings. The molecule has 0 radical (unpaired) electrons. The number of hydrogen-bond acceptors (Lipinski definition) is 4. The SMILES string of the molecule is COC(=O)C(CCSC)NC(=O)C1CCC1. The molecule has 1 fully saturated rings. The second-order valence-corrected chi connectivity index (χ2v) is 4.98. The first-order valence-electron chi connectivity index (χ1n) is 5.56. The van der Waals surface area contributed by atoms with Crippen LogP contribution in [0.15, 0.2) is 0 Å². The molecule has 0 aromatic heterocycles. The van der Waals surface area contributed by atoms with E-state index in [0.717, 1.165) is 25.0 Å². The van der Waals surface area contributed by atoms with Gasteiger partial charge in [0, 0.05) is 5.92 Å². The summed E-state index contributed by atoms with van der Waals surface area (Å²) in [7, 11) is 1.35. The molecule has 0 spiro atoms. The van der Waals surface area contributed by atoms with Crippen molar-refractivity contribution in [3.05, 3.63) is 0 Å². The molecular formula is C11H19NO3S. The molecule has 1 unspecified atom stereocenters. The highest BCUT2D eigenvalue weighted by molar-refractivity contribution is 7.98. The van der Waals surface area contributed by atoms with Crippen molar-refractivity contribution in [2.75, 3.05) is 19.1 Å². The molecule has 0 aromatic carbocycles. The highest BCUT2D eigenvalue weighted by atomic mass is 32.2. The van der Waals surface area contributed by atoms with Gasteiger partial charge in [-0.25, -0.2) is 4.79 Å². The molecule has 1 aliphatic carbocycles. The number of amides is 1. The molecule has 4 nitrogen and oxygen atoms in total. The van der Waals surface area contributed by atoms with Crippen LogP contribution < -0.4 is 5.32 Å². The van der Waals surface area contributed by atoms with Crippen LogP contribution >= 0.6 is 11.8 Å². The van der Waals surface area contributed by atoms with E-state index in [1.807, 2.05) is 6.26 Å². The average Bonchev–Trinajstić information content (AvgIpc) is 2.20. The Morgan fingerprint density at radius 1 is 1.50 bits per heavy atom. The van der Waals surface area contributed by atoms with Gasteiger partial charge in [0.25, 0.3) is 0 Å². The zero-order chi connectivity index (χ0) is 12.0. The number of nitrogens with one attached hydrogen (secondary N) is 1. The highest BCUT2D eigenvalue weighted by Crippen LogP contribution is 2.26. The van der Waals surface area contributed by atoms with E-state index < -0.39 is 6.04 Å².